The molecule has 0 aliphatic heterocycles. The van der Waals surface area contributed by atoms with Gasteiger partial charge in [-0.3, -0.25) is 9.78 Å². The van der Waals surface area contributed by atoms with Gasteiger partial charge in [-0.05, 0) is 25.1 Å². The van der Waals surface area contributed by atoms with E-state index < -0.39 is 11.9 Å². The molecular weight excluding hydrogens is 269 g/mol. The van der Waals surface area contributed by atoms with Gasteiger partial charge in [-0.2, -0.15) is 4.39 Å². The van der Waals surface area contributed by atoms with Gasteiger partial charge in [-0.15, -0.1) is 0 Å². The van der Waals surface area contributed by atoms with Gasteiger partial charge in [0.1, 0.15) is 0 Å². The molecule has 4 nitrogen and oxygen atoms in total. The lowest BCUT2D eigenvalue weighted by molar-refractivity contribution is 0.102. The van der Waals surface area contributed by atoms with Gasteiger partial charge >= 0.3 is 0 Å². The minimum absolute atomic E-state index is 0.215. The van der Waals surface area contributed by atoms with E-state index in [1.165, 1.54) is 12.3 Å². The number of rotatable bonds is 2. The number of aryl methyl sites for hydroxylation is 1. The van der Waals surface area contributed by atoms with Crippen molar-refractivity contribution in [2.24, 2.45) is 0 Å². The second kappa shape index (κ2) is 5.28. The molecule has 0 aliphatic carbocycles. The Hall–Kier alpha value is -2.82. The number of para-hydroxylation sites is 1. The largest absolute Gasteiger partial charge is 0.320 e. The van der Waals surface area contributed by atoms with Crippen LogP contribution in [0.3, 0.4) is 0 Å². The Bertz CT molecular complexity index is 833. The number of fused-ring (bicyclic) bond motifs is 1. The predicted molar refractivity (Wildman–Crippen MR) is 78.6 cm³/mol. The molecule has 0 fully saturated rings. The second-order valence-corrected chi connectivity index (χ2v) is 4.65. The molecule has 3 rings (SSSR count). The SMILES string of the molecule is Cc1ccc2cccc(NC(=O)c3ccnc(F)c3)c2n1. The van der Waals surface area contributed by atoms with E-state index in [2.05, 4.69) is 15.3 Å². The lowest BCUT2D eigenvalue weighted by Crippen LogP contribution is -2.13. The fourth-order valence-electron chi connectivity index (χ4n) is 2.08. The van der Waals surface area contributed by atoms with E-state index in [0.717, 1.165) is 17.1 Å². The predicted octanol–water partition coefficient (Wildman–Crippen LogP) is 3.33. The Labute approximate surface area is 120 Å². The molecule has 5 heteroatoms. The first-order valence-electron chi connectivity index (χ1n) is 6.43. The highest BCUT2D eigenvalue weighted by Gasteiger charge is 2.10. The molecule has 0 spiro atoms. The van der Waals surface area contributed by atoms with E-state index in [9.17, 15) is 9.18 Å². The maximum absolute atomic E-state index is 13.1. The third-order valence-corrected chi connectivity index (χ3v) is 3.10. The van der Waals surface area contributed by atoms with Gasteiger partial charge in [0.2, 0.25) is 5.95 Å². The van der Waals surface area contributed by atoms with Crippen molar-refractivity contribution >= 4 is 22.5 Å². The van der Waals surface area contributed by atoms with Gasteiger partial charge in [-0.1, -0.05) is 18.2 Å². The van der Waals surface area contributed by atoms with Crippen LogP contribution in [-0.2, 0) is 0 Å². The lowest BCUT2D eigenvalue weighted by atomic mass is 10.1. The van der Waals surface area contributed by atoms with Crippen LogP contribution in [0.2, 0.25) is 0 Å². The summed E-state index contributed by atoms with van der Waals surface area (Å²) in [6, 6.07) is 11.9. The zero-order valence-electron chi connectivity index (χ0n) is 11.3. The van der Waals surface area contributed by atoms with Crippen LogP contribution in [0.15, 0.2) is 48.7 Å². The van der Waals surface area contributed by atoms with Crippen molar-refractivity contribution in [2.45, 2.75) is 6.92 Å². The highest BCUT2D eigenvalue weighted by atomic mass is 19.1. The molecule has 3 aromatic rings. The van der Waals surface area contributed by atoms with Crippen LogP contribution >= 0.6 is 0 Å². The molecule has 0 saturated carbocycles. The summed E-state index contributed by atoms with van der Waals surface area (Å²) in [4.78, 5) is 20.0. The minimum atomic E-state index is -0.686. The molecule has 2 aromatic heterocycles. The van der Waals surface area contributed by atoms with Gasteiger partial charge in [0, 0.05) is 28.9 Å². The summed E-state index contributed by atoms with van der Waals surface area (Å²) in [6.07, 6.45) is 1.26. The Morgan fingerprint density at radius 2 is 2.05 bits per heavy atom. The minimum Gasteiger partial charge on any atom is -0.320 e. The number of aromatic nitrogens is 2. The van der Waals surface area contributed by atoms with Crippen molar-refractivity contribution in [1.82, 2.24) is 9.97 Å². The van der Waals surface area contributed by atoms with Gasteiger partial charge in [-0.25, -0.2) is 4.98 Å². The van der Waals surface area contributed by atoms with Crippen LogP contribution < -0.4 is 5.32 Å². The molecule has 1 amide bonds. The molecule has 0 aliphatic rings. The number of hydrogen-bond acceptors (Lipinski definition) is 3. The van der Waals surface area contributed by atoms with E-state index >= 15 is 0 Å². The van der Waals surface area contributed by atoms with Crippen molar-refractivity contribution < 1.29 is 9.18 Å². The second-order valence-electron chi connectivity index (χ2n) is 4.65. The molecular formula is C16H12FN3O. The van der Waals surface area contributed by atoms with Crippen LogP contribution in [0.5, 0.6) is 0 Å². The standard InChI is InChI=1S/C16H12FN3O/c1-10-5-6-11-3-2-4-13(15(11)19-10)20-16(21)12-7-8-18-14(17)9-12/h2-9H,1H3,(H,20,21). The number of benzene rings is 1. The number of halogens is 1. The number of anilines is 1. The van der Waals surface area contributed by atoms with Gasteiger partial charge < -0.3 is 5.32 Å². The topological polar surface area (TPSA) is 54.9 Å². The van der Waals surface area contributed by atoms with Crippen LogP contribution in [-0.4, -0.2) is 15.9 Å². The van der Waals surface area contributed by atoms with Gasteiger partial charge in [0.25, 0.3) is 5.91 Å². The molecule has 0 unspecified atom stereocenters. The average molecular weight is 281 g/mol. The number of pyridine rings is 2. The van der Waals surface area contributed by atoms with Crippen molar-refractivity contribution in [3.63, 3.8) is 0 Å². The summed E-state index contributed by atoms with van der Waals surface area (Å²) < 4.78 is 13.1. The fourth-order valence-corrected chi connectivity index (χ4v) is 2.08. The van der Waals surface area contributed by atoms with Crippen LogP contribution in [0.4, 0.5) is 10.1 Å². The van der Waals surface area contributed by atoms with E-state index in [1.54, 1.807) is 6.07 Å². The average Bonchev–Trinajstić information content (AvgIpc) is 2.48. The summed E-state index contributed by atoms with van der Waals surface area (Å²) in [5, 5.41) is 3.69. The summed E-state index contributed by atoms with van der Waals surface area (Å²) in [5.41, 5.74) is 2.38. The zero-order valence-corrected chi connectivity index (χ0v) is 11.3. The monoisotopic (exact) mass is 281 g/mol. The summed E-state index contributed by atoms with van der Waals surface area (Å²) in [5.74, 6) is -1.08. The summed E-state index contributed by atoms with van der Waals surface area (Å²) in [6.45, 7) is 1.89. The normalized spacial score (nSPS) is 10.6. The van der Waals surface area contributed by atoms with Crippen LogP contribution in [0.1, 0.15) is 16.1 Å². The summed E-state index contributed by atoms with van der Waals surface area (Å²) >= 11 is 0. The van der Waals surface area contributed by atoms with Crippen molar-refractivity contribution in [3.05, 3.63) is 65.9 Å². The van der Waals surface area contributed by atoms with E-state index in [4.69, 9.17) is 0 Å². The Kier molecular flexibility index (Phi) is 3.31. The molecule has 0 atom stereocenters. The molecule has 104 valence electrons. The highest BCUT2D eigenvalue weighted by Crippen LogP contribution is 2.22. The first-order chi connectivity index (χ1) is 10.1. The van der Waals surface area contributed by atoms with E-state index in [0.29, 0.717) is 11.2 Å². The van der Waals surface area contributed by atoms with Gasteiger partial charge in [0.05, 0.1) is 11.2 Å². The third-order valence-electron chi connectivity index (χ3n) is 3.10. The lowest BCUT2D eigenvalue weighted by Gasteiger charge is -2.08. The number of carbonyl (C=O) groups excluding carboxylic acids is 1. The zero-order chi connectivity index (χ0) is 14.8. The van der Waals surface area contributed by atoms with Gasteiger partial charge in [0.15, 0.2) is 0 Å². The van der Waals surface area contributed by atoms with E-state index in [-0.39, 0.29) is 5.56 Å². The van der Waals surface area contributed by atoms with Crippen molar-refractivity contribution in [2.75, 3.05) is 5.32 Å². The molecule has 1 N–H and O–H groups in total. The molecule has 21 heavy (non-hydrogen) atoms. The Morgan fingerprint density at radius 3 is 2.86 bits per heavy atom. The molecule has 1 aromatic carbocycles. The molecule has 2 heterocycles. The third kappa shape index (κ3) is 2.72. The number of amides is 1. The highest BCUT2D eigenvalue weighted by molar-refractivity contribution is 6.08. The smallest absolute Gasteiger partial charge is 0.255 e. The quantitative estimate of drug-likeness (QED) is 0.733. The molecule has 0 saturated heterocycles. The maximum Gasteiger partial charge on any atom is 0.255 e. The Morgan fingerprint density at radius 1 is 1.19 bits per heavy atom. The number of nitrogens with zero attached hydrogens (tertiary/aromatic N) is 2. The van der Waals surface area contributed by atoms with Crippen LogP contribution in [0, 0.1) is 12.9 Å². The number of carbonyl (C=O) groups is 1. The summed E-state index contributed by atoms with van der Waals surface area (Å²) in [7, 11) is 0. The number of hydrogen-bond donors (Lipinski definition) is 1. The fraction of sp³-hybridized carbons (Fsp3) is 0.0625. The van der Waals surface area contributed by atoms with Crippen LogP contribution in [0.25, 0.3) is 10.9 Å². The maximum atomic E-state index is 13.1. The molecule has 0 bridgehead atoms. The van der Waals surface area contributed by atoms with Crippen molar-refractivity contribution in [1.29, 1.82) is 0 Å². The number of nitrogens with one attached hydrogen (secondary N) is 1. The first-order valence-corrected chi connectivity index (χ1v) is 6.43. The first kappa shape index (κ1) is 13.2. The molecule has 0 radical (unpaired) electrons. The Balaban J connectivity index is 1.98. The van der Waals surface area contributed by atoms with E-state index in [1.807, 2.05) is 31.2 Å². The van der Waals surface area contributed by atoms with Crippen molar-refractivity contribution in [3.8, 4) is 0 Å².